The fourth-order valence-electron chi connectivity index (χ4n) is 4.17. The van der Waals surface area contributed by atoms with Crippen LogP contribution in [0.25, 0.3) is 0 Å². The number of para-hydroxylation sites is 1. The number of amides is 1. The standard InChI is InChI=1S/C20H30N2O3/c1-19(14-23)12-22(13-20(19,2)15-24)18(25)9-11-21-10-5-7-16-6-3-4-8-17(16)21/h3-4,6,8,23-24H,5,7,9-15H2,1-2H3/t19-,20+. The van der Waals surface area contributed by atoms with Crippen LogP contribution in [0.1, 0.15) is 32.3 Å². The minimum Gasteiger partial charge on any atom is -0.396 e. The van der Waals surface area contributed by atoms with Gasteiger partial charge in [0.2, 0.25) is 5.91 Å². The predicted octanol–water partition coefficient (Wildman–Crippen LogP) is 1.67. The first-order valence-electron chi connectivity index (χ1n) is 9.25. The zero-order chi connectivity index (χ0) is 18.1. The smallest absolute Gasteiger partial charge is 0.224 e. The van der Waals surface area contributed by atoms with Gasteiger partial charge in [0, 0.05) is 49.1 Å². The highest BCUT2D eigenvalue weighted by atomic mass is 16.3. The van der Waals surface area contributed by atoms with E-state index in [1.165, 1.54) is 11.3 Å². The summed E-state index contributed by atoms with van der Waals surface area (Å²) in [5.74, 6) is 0.111. The average molecular weight is 346 g/mol. The zero-order valence-electron chi connectivity index (χ0n) is 15.4. The first-order valence-corrected chi connectivity index (χ1v) is 9.25. The molecule has 5 nitrogen and oxygen atoms in total. The predicted molar refractivity (Wildman–Crippen MR) is 98.6 cm³/mol. The van der Waals surface area contributed by atoms with Crippen LogP contribution in [-0.2, 0) is 11.2 Å². The van der Waals surface area contributed by atoms with E-state index in [0.717, 1.165) is 25.9 Å². The number of aryl methyl sites for hydroxylation is 1. The molecule has 2 heterocycles. The molecule has 25 heavy (non-hydrogen) atoms. The summed E-state index contributed by atoms with van der Waals surface area (Å²) in [6.07, 6.45) is 2.70. The van der Waals surface area contributed by atoms with Gasteiger partial charge in [-0.05, 0) is 24.5 Å². The van der Waals surface area contributed by atoms with Crippen LogP contribution >= 0.6 is 0 Å². The van der Waals surface area contributed by atoms with Crippen LogP contribution < -0.4 is 4.90 Å². The van der Waals surface area contributed by atoms with E-state index in [0.29, 0.717) is 19.5 Å². The molecule has 1 saturated heterocycles. The number of anilines is 1. The van der Waals surface area contributed by atoms with Gasteiger partial charge >= 0.3 is 0 Å². The van der Waals surface area contributed by atoms with Crippen molar-refractivity contribution in [1.29, 1.82) is 0 Å². The Balaban J connectivity index is 1.63. The van der Waals surface area contributed by atoms with Crippen LogP contribution in [0.5, 0.6) is 0 Å². The van der Waals surface area contributed by atoms with E-state index in [4.69, 9.17) is 0 Å². The Morgan fingerprint density at radius 2 is 1.76 bits per heavy atom. The second kappa shape index (κ2) is 6.96. The van der Waals surface area contributed by atoms with Crippen molar-refractivity contribution in [2.75, 3.05) is 44.3 Å². The Kier molecular flexibility index (Phi) is 5.07. The summed E-state index contributed by atoms with van der Waals surface area (Å²) >= 11 is 0. The topological polar surface area (TPSA) is 64.0 Å². The summed E-state index contributed by atoms with van der Waals surface area (Å²) in [6, 6.07) is 8.44. The van der Waals surface area contributed by atoms with E-state index in [1.807, 2.05) is 18.7 Å². The van der Waals surface area contributed by atoms with Crippen molar-refractivity contribution in [3.63, 3.8) is 0 Å². The van der Waals surface area contributed by atoms with Crippen LogP contribution in [0.4, 0.5) is 5.69 Å². The van der Waals surface area contributed by atoms with Gasteiger partial charge in [0.1, 0.15) is 0 Å². The van der Waals surface area contributed by atoms with Crippen LogP contribution in [0.15, 0.2) is 24.3 Å². The molecule has 3 rings (SSSR count). The molecule has 138 valence electrons. The van der Waals surface area contributed by atoms with Gasteiger partial charge in [0.25, 0.3) is 0 Å². The summed E-state index contributed by atoms with van der Waals surface area (Å²) in [5.41, 5.74) is 1.72. The molecule has 2 aliphatic rings. The van der Waals surface area contributed by atoms with Gasteiger partial charge in [-0.1, -0.05) is 32.0 Å². The number of carbonyl (C=O) groups excluding carboxylic acids is 1. The molecule has 0 radical (unpaired) electrons. The number of benzene rings is 1. The third-order valence-electron chi connectivity index (χ3n) is 6.39. The van der Waals surface area contributed by atoms with Crippen molar-refractivity contribution in [1.82, 2.24) is 4.90 Å². The molecule has 0 aromatic heterocycles. The molecule has 2 N–H and O–H groups in total. The third kappa shape index (κ3) is 3.27. The number of nitrogens with zero attached hydrogens (tertiary/aromatic N) is 2. The second-order valence-corrected chi connectivity index (χ2v) is 8.16. The number of fused-ring (bicyclic) bond motifs is 1. The molecule has 0 unspecified atom stereocenters. The molecule has 1 amide bonds. The Morgan fingerprint density at radius 3 is 2.40 bits per heavy atom. The highest BCUT2D eigenvalue weighted by Gasteiger charge is 2.52. The highest BCUT2D eigenvalue weighted by Crippen LogP contribution is 2.45. The lowest BCUT2D eigenvalue weighted by Crippen LogP contribution is -2.41. The quantitative estimate of drug-likeness (QED) is 0.851. The fourth-order valence-corrected chi connectivity index (χ4v) is 4.17. The molecule has 0 bridgehead atoms. The van der Waals surface area contributed by atoms with Crippen molar-refractivity contribution in [3.8, 4) is 0 Å². The Bertz CT molecular complexity index is 617. The fraction of sp³-hybridized carbons (Fsp3) is 0.650. The molecule has 1 fully saturated rings. The molecule has 0 spiro atoms. The summed E-state index contributed by atoms with van der Waals surface area (Å²) in [5, 5.41) is 19.6. The monoisotopic (exact) mass is 346 g/mol. The maximum absolute atomic E-state index is 12.7. The highest BCUT2D eigenvalue weighted by molar-refractivity contribution is 5.77. The minimum atomic E-state index is -0.449. The first-order chi connectivity index (χ1) is 11.9. The van der Waals surface area contributed by atoms with Gasteiger partial charge < -0.3 is 20.0 Å². The lowest BCUT2D eigenvalue weighted by Gasteiger charge is -2.36. The zero-order valence-corrected chi connectivity index (χ0v) is 15.4. The van der Waals surface area contributed by atoms with Crippen LogP contribution in [-0.4, -0.2) is 60.4 Å². The lowest BCUT2D eigenvalue weighted by atomic mass is 9.69. The Labute approximate surface area is 150 Å². The summed E-state index contributed by atoms with van der Waals surface area (Å²) < 4.78 is 0. The number of aliphatic hydroxyl groups excluding tert-OH is 2. The molecule has 1 aromatic rings. The second-order valence-electron chi connectivity index (χ2n) is 8.16. The number of rotatable bonds is 5. The van der Waals surface area contributed by atoms with Crippen molar-refractivity contribution in [2.45, 2.75) is 33.1 Å². The molecule has 2 atom stereocenters. The van der Waals surface area contributed by atoms with Crippen LogP contribution in [0, 0.1) is 10.8 Å². The molecule has 5 heteroatoms. The van der Waals surface area contributed by atoms with Gasteiger partial charge in [-0.2, -0.15) is 0 Å². The summed E-state index contributed by atoms with van der Waals surface area (Å²) in [4.78, 5) is 16.9. The number of hydrogen-bond acceptors (Lipinski definition) is 4. The lowest BCUT2D eigenvalue weighted by molar-refractivity contribution is -0.130. The number of aliphatic hydroxyl groups is 2. The normalized spacial score (nSPS) is 29.0. The molecular weight excluding hydrogens is 316 g/mol. The van der Waals surface area contributed by atoms with Crippen LogP contribution in [0.3, 0.4) is 0 Å². The molecule has 1 aromatic carbocycles. The number of likely N-dealkylation sites (tertiary alicyclic amines) is 1. The summed E-state index contributed by atoms with van der Waals surface area (Å²) in [6.45, 7) is 6.60. The molecule has 0 saturated carbocycles. The van der Waals surface area contributed by atoms with Crippen molar-refractivity contribution < 1.29 is 15.0 Å². The maximum atomic E-state index is 12.7. The SMILES string of the molecule is C[C@]1(CO)CN(C(=O)CCN2CCCc3ccccc32)C[C@@]1(C)CO. The minimum absolute atomic E-state index is 0.0205. The van der Waals surface area contributed by atoms with E-state index in [9.17, 15) is 15.0 Å². The largest absolute Gasteiger partial charge is 0.396 e. The van der Waals surface area contributed by atoms with E-state index < -0.39 is 10.8 Å². The van der Waals surface area contributed by atoms with Gasteiger partial charge in [-0.3, -0.25) is 4.79 Å². The van der Waals surface area contributed by atoms with E-state index in [1.54, 1.807) is 0 Å². The average Bonchev–Trinajstić information content (AvgIpc) is 2.92. The maximum Gasteiger partial charge on any atom is 0.224 e. The van der Waals surface area contributed by atoms with Gasteiger partial charge in [0.15, 0.2) is 0 Å². The van der Waals surface area contributed by atoms with Gasteiger partial charge in [-0.15, -0.1) is 0 Å². The number of hydrogen-bond donors (Lipinski definition) is 2. The van der Waals surface area contributed by atoms with Gasteiger partial charge in [-0.25, -0.2) is 0 Å². The van der Waals surface area contributed by atoms with E-state index in [-0.39, 0.29) is 19.1 Å². The van der Waals surface area contributed by atoms with E-state index in [2.05, 4.69) is 29.2 Å². The van der Waals surface area contributed by atoms with E-state index >= 15 is 0 Å². The molecule has 2 aliphatic heterocycles. The Morgan fingerprint density at radius 1 is 1.12 bits per heavy atom. The molecule has 0 aliphatic carbocycles. The van der Waals surface area contributed by atoms with Crippen molar-refractivity contribution in [2.24, 2.45) is 10.8 Å². The van der Waals surface area contributed by atoms with Crippen LogP contribution in [0.2, 0.25) is 0 Å². The number of carbonyl (C=O) groups is 1. The van der Waals surface area contributed by atoms with Crippen molar-refractivity contribution >= 4 is 11.6 Å². The first kappa shape index (κ1) is 18.2. The third-order valence-corrected chi connectivity index (χ3v) is 6.39. The van der Waals surface area contributed by atoms with Crippen molar-refractivity contribution in [3.05, 3.63) is 29.8 Å². The van der Waals surface area contributed by atoms with Gasteiger partial charge in [0.05, 0.1) is 13.2 Å². The molecular formula is C20H30N2O3. The summed E-state index contributed by atoms with van der Waals surface area (Å²) in [7, 11) is 0. The Hall–Kier alpha value is -1.59.